The van der Waals surface area contributed by atoms with Gasteiger partial charge in [-0.15, -0.1) is 0 Å². The zero-order valence-electron chi connectivity index (χ0n) is 17.1. The van der Waals surface area contributed by atoms with Crippen molar-refractivity contribution in [1.29, 1.82) is 0 Å². The summed E-state index contributed by atoms with van der Waals surface area (Å²) in [6, 6.07) is 10.2. The maximum Gasteiger partial charge on any atom is 0.363 e. The van der Waals surface area contributed by atoms with E-state index in [4.69, 9.17) is 0 Å². The van der Waals surface area contributed by atoms with Crippen molar-refractivity contribution in [2.45, 2.75) is 19.3 Å². The molecule has 3 heterocycles. The van der Waals surface area contributed by atoms with Crippen LogP contribution in [0.2, 0.25) is 0 Å². The van der Waals surface area contributed by atoms with Crippen LogP contribution >= 0.6 is 0 Å². The lowest BCUT2D eigenvalue weighted by molar-refractivity contribution is -0.389. The Morgan fingerprint density at radius 1 is 1.03 bits per heavy atom. The van der Waals surface area contributed by atoms with Crippen LogP contribution in [0, 0.1) is 10.1 Å². The van der Waals surface area contributed by atoms with E-state index in [-0.39, 0.29) is 17.8 Å². The first-order valence-corrected chi connectivity index (χ1v) is 10.3. The molecule has 2 fully saturated rings. The Hall–Kier alpha value is -3.69. The molecule has 0 aliphatic carbocycles. The monoisotopic (exact) mass is 424 g/mol. The Morgan fingerprint density at radius 3 is 2.52 bits per heavy atom. The molecular weight excluding hydrogens is 400 g/mol. The Bertz CT molecular complexity index is 972. The molecule has 31 heavy (non-hydrogen) atoms. The zero-order valence-corrected chi connectivity index (χ0v) is 17.1. The van der Waals surface area contributed by atoms with E-state index in [1.54, 1.807) is 15.9 Å². The number of amides is 3. The summed E-state index contributed by atoms with van der Waals surface area (Å²) in [4.78, 5) is 44.5. The molecule has 10 heteroatoms. The van der Waals surface area contributed by atoms with Crippen molar-refractivity contribution in [2.24, 2.45) is 0 Å². The number of piperazine rings is 1. The van der Waals surface area contributed by atoms with Crippen LogP contribution in [0.4, 0.5) is 27.7 Å². The van der Waals surface area contributed by atoms with Crippen molar-refractivity contribution in [3.63, 3.8) is 0 Å². The van der Waals surface area contributed by atoms with Crippen LogP contribution in [-0.2, 0) is 4.79 Å². The molecule has 3 amide bonds. The molecule has 162 valence electrons. The Kier molecular flexibility index (Phi) is 5.96. The summed E-state index contributed by atoms with van der Waals surface area (Å²) in [5.41, 5.74) is 2.26. The molecule has 0 spiro atoms. The van der Waals surface area contributed by atoms with E-state index in [1.807, 2.05) is 29.2 Å². The third-order valence-electron chi connectivity index (χ3n) is 5.58. The highest BCUT2D eigenvalue weighted by Crippen LogP contribution is 2.24. The number of nitrogens with one attached hydrogen (secondary N) is 1. The van der Waals surface area contributed by atoms with Crippen LogP contribution in [0.3, 0.4) is 0 Å². The van der Waals surface area contributed by atoms with E-state index < -0.39 is 4.92 Å². The van der Waals surface area contributed by atoms with Gasteiger partial charge < -0.3 is 30.1 Å². The molecule has 0 radical (unpaired) electrons. The summed E-state index contributed by atoms with van der Waals surface area (Å²) in [6.07, 6.45) is 3.96. The summed E-state index contributed by atoms with van der Waals surface area (Å²) < 4.78 is 0. The first kappa shape index (κ1) is 20.6. The highest BCUT2D eigenvalue weighted by Gasteiger charge is 2.23. The van der Waals surface area contributed by atoms with Crippen molar-refractivity contribution < 1.29 is 14.5 Å². The number of benzene rings is 1. The Labute approximate surface area is 179 Å². The predicted molar refractivity (Wildman–Crippen MR) is 116 cm³/mol. The molecule has 1 aromatic heterocycles. The second kappa shape index (κ2) is 8.99. The molecule has 10 nitrogen and oxygen atoms in total. The van der Waals surface area contributed by atoms with Gasteiger partial charge in [0, 0.05) is 56.6 Å². The van der Waals surface area contributed by atoms with Gasteiger partial charge in [0.05, 0.1) is 5.69 Å². The molecule has 0 saturated carbocycles. The molecular formula is C21H24N6O4. The van der Waals surface area contributed by atoms with Gasteiger partial charge >= 0.3 is 11.8 Å². The van der Waals surface area contributed by atoms with E-state index in [0.717, 1.165) is 24.2 Å². The average Bonchev–Trinajstić information content (AvgIpc) is 2.80. The fourth-order valence-electron chi connectivity index (χ4n) is 3.87. The lowest BCUT2D eigenvalue weighted by Crippen LogP contribution is -2.50. The van der Waals surface area contributed by atoms with E-state index >= 15 is 0 Å². The summed E-state index contributed by atoms with van der Waals surface area (Å²) in [5, 5.41) is 13.7. The SMILES string of the molecule is O=C(Nc1cccc(N2CCCCC2=O)c1)N1CCN(c2ccc([N+](=O)[O-])nc2)CC1. The van der Waals surface area contributed by atoms with E-state index in [1.165, 1.54) is 12.3 Å². The smallest absolute Gasteiger partial charge is 0.363 e. The second-order valence-corrected chi connectivity index (χ2v) is 7.59. The molecule has 0 unspecified atom stereocenters. The van der Waals surface area contributed by atoms with Crippen molar-refractivity contribution in [3.05, 3.63) is 52.7 Å². The first-order valence-electron chi connectivity index (χ1n) is 10.3. The van der Waals surface area contributed by atoms with Gasteiger partial charge in [-0.3, -0.25) is 4.79 Å². The van der Waals surface area contributed by atoms with Crippen molar-refractivity contribution in [1.82, 2.24) is 9.88 Å². The number of rotatable bonds is 4. The molecule has 2 aromatic rings. The number of anilines is 3. The Morgan fingerprint density at radius 2 is 1.84 bits per heavy atom. The maximum atomic E-state index is 12.7. The van der Waals surface area contributed by atoms with E-state index in [9.17, 15) is 19.7 Å². The van der Waals surface area contributed by atoms with Crippen molar-refractivity contribution >= 4 is 34.8 Å². The van der Waals surface area contributed by atoms with Crippen molar-refractivity contribution in [2.75, 3.05) is 47.8 Å². The van der Waals surface area contributed by atoms with Gasteiger partial charge in [-0.1, -0.05) is 6.07 Å². The molecule has 1 N–H and O–H groups in total. The molecule has 4 rings (SSSR count). The standard InChI is InChI=1S/C21H24N6O4/c28-20-6-1-2-9-26(20)17-5-3-4-16(14-17)23-21(29)25-12-10-24(11-13-25)18-7-8-19(22-15-18)27(30)31/h3-5,7-8,14-15H,1-2,6,9-13H2,(H,23,29). The van der Waals surface area contributed by atoms with Crippen LogP contribution in [0.1, 0.15) is 19.3 Å². The van der Waals surface area contributed by atoms with Gasteiger partial charge in [0.2, 0.25) is 5.91 Å². The van der Waals surface area contributed by atoms with Crippen LogP contribution in [0.25, 0.3) is 0 Å². The number of urea groups is 1. The largest absolute Gasteiger partial charge is 0.365 e. The number of pyridine rings is 1. The van der Waals surface area contributed by atoms with Crippen molar-refractivity contribution in [3.8, 4) is 0 Å². The minimum Gasteiger partial charge on any atom is -0.365 e. The summed E-state index contributed by atoms with van der Waals surface area (Å²) in [7, 11) is 0. The first-order chi connectivity index (χ1) is 15.0. The van der Waals surface area contributed by atoms with Gasteiger partial charge in [-0.25, -0.2) is 4.79 Å². The number of carbonyl (C=O) groups is 2. The number of hydrogen-bond donors (Lipinski definition) is 1. The quantitative estimate of drug-likeness (QED) is 0.597. The van der Waals surface area contributed by atoms with E-state index in [0.29, 0.717) is 44.8 Å². The zero-order chi connectivity index (χ0) is 21.8. The lowest BCUT2D eigenvalue weighted by Gasteiger charge is -2.35. The number of aromatic nitrogens is 1. The van der Waals surface area contributed by atoms with Gasteiger partial charge in [-0.05, 0) is 47.0 Å². The number of carbonyl (C=O) groups excluding carboxylic acids is 2. The maximum absolute atomic E-state index is 12.7. The van der Waals surface area contributed by atoms with Gasteiger partial charge in [-0.2, -0.15) is 0 Å². The number of hydrogen-bond acceptors (Lipinski definition) is 6. The summed E-state index contributed by atoms with van der Waals surface area (Å²) >= 11 is 0. The normalized spacial score (nSPS) is 16.9. The molecule has 0 atom stereocenters. The fourth-order valence-corrected chi connectivity index (χ4v) is 3.87. The third kappa shape index (κ3) is 4.73. The van der Waals surface area contributed by atoms with Crippen LogP contribution in [0.15, 0.2) is 42.6 Å². The van der Waals surface area contributed by atoms with Gasteiger partial charge in [0.1, 0.15) is 0 Å². The molecule has 2 aliphatic rings. The van der Waals surface area contributed by atoms with E-state index in [2.05, 4.69) is 10.3 Å². The van der Waals surface area contributed by atoms with Gasteiger partial charge in [0.25, 0.3) is 0 Å². The highest BCUT2D eigenvalue weighted by molar-refractivity contribution is 5.95. The summed E-state index contributed by atoms with van der Waals surface area (Å²) in [5.74, 6) is -0.0678. The molecule has 1 aromatic carbocycles. The topological polar surface area (TPSA) is 112 Å². The highest BCUT2D eigenvalue weighted by atomic mass is 16.6. The van der Waals surface area contributed by atoms with Crippen LogP contribution in [0.5, 0.6) is 0 Å². The molecule has 2 aliphatic heterocycles. The fraction of sp³-hybridized carbons (Fsp3) is 0.381. The van der Waals surface area contributed by atoms with Crippen LogP contribution < -0.4 is 15.1 Å². The second-order valence-electron chi connectivity index (χ2n) is 7.59. The molecule has 2 saturated heterocycles. The number of nitro groups is 1. The number of nitrogens with zero attached hydrogens (tertiary/aromatic N) is 5. The third-order valence-corrected chi connectivity index (χ3v) is 5.58. The predicted octanol–water partition coefficient (Wildman–Crippen LogP) is 2.86. The Balaban J connectivity index is 1.33. The summed E-state index contributed by atoms with van der Waals surface area (Å²) in [6.45, 7) is 2.96. The minimum atomic E-state index is -0.526. The molecule has 0 bridgehead atoms. The average molecular weight is 424 g/mol. The number of piperidine rings is 1. The van der Waals surface area contributed by atoms with Gasteiger partial charge in [0.15, 0.2) is 6.20 Å². The lowest BCUT2D eigenvalue weighted by atomic mass is 10.1. The minimum absolute atomic E-state index is 0.117. The van der Waals surface area contributed by atoms with Crippen LogP contribution in [-0.4, -0.2) is 59.5 Å².